The van der Waals surface area contributed by atoms with Gasteiger partial charge in [-0.05, 0) is 89.5 Å². The van der Waals surface area contributed by atoms with Gasteiger partial charge in [0.2, 0.25) is 17.7 Å². The van der Waals surface area contributed by atoms with Crippen LogP contribution < -0.4 is 19.7 Å². The maximum absolute atomic E-state index is 17.2. The zero-order valence-corrected chi connectivity index (χ0v) is 48.2. The second kappa shape index (κ2) is 25.8. The molecule has 0 spiro atoms. The maximum atomic E-state index is 17.2. The number of thiazole rings is 1. The number of aliphatic hydroxyl groups excluding tert-OH is 1. The lowest BCUT2D eigenvalue weighted by molar-refractivity contribution is -0.141. The molecule has 3 fully saturated rings. The molecule has 434 valence electrons. The summed E-state index contributed by atoms with van der Waals surface area (Å²) < 4.78 is 41.3. The number of nitriles is 1. The number of benzene rings is 4. The van der Waals surface area contributed by atoms with Crippen molar-refractivity contribution in [1.29, 1.82) is 5.26 Å². The molecule has 22 heteroatoms. The average molecular weight is 1170 g/mol. The van der Waals surface area contributed by atoms with Crippen molar-refractivity contribution in [3.63, 3.8) is 0 Å². The van der Waals surface area contributed by atoms with Crippen LogP contribution in [-0.4, -0.2) is 153 Å². The van der Waals surface area contributed by atoms with Gasteiger partial charge >= 0.3 is 6.01 Å². The lowest BCUT2D eigenvalue weighted by Gasteiger charge is -2.41. The Morgan fingerprint density at radius 2 is 1.76 bits per heavy atom. The molecule has 3 N–H and O–H groups in total. The van der Waals surface area contributed by atoms with Crippen LogP contribution in [0.3, 0.4) is 0 Å². The molecule has 83 heavy (non-hydrogen) atoms. The van der Waals surface area contributed by atoms with Crippen LogP contribution in [0, 0.1) is 30.0 Å². The Balaban J connectivity index is 0.726. The molecule has 0 aliphatic carbocycles. The third kappa shape index (κ3) is 12.9. The zero-order valence-electron chi connectivity index (χ0n) is 46.7. The Kier molecular flexibility index (Phi) is 18.2. The number of rotatable bonds is 20. The topological polar surface area (TPSA) is 233 Å². The number of hydrogen-bond acceptors (Lipinski definition) is 17. The van der Waals surface area contributed by atoms with Crippen LogP contribution in [0.1, 0.15) is 75.4 Å². The summed E-state index contributed by atoms with van der Waals surface area (Å²) >= 11 is 8.53. The van der Waals surface area contributed by atoms with Crippen LogP contribution in [0.5, 0.6) is 17.6 Å². The van der Waals surface area contributed by atoms with E-state index in [1.54, 1.807) is 34.4 Å². The summed E-state index contributed by atoms with van der Waals surface area (Å²) in [6.07, 6.45) is 1.99. The van der Waals surface area contributed by atoms with Gasteiger partial charge in [0.15, 0.2) is 11.6 Å². The van der Waals surface area contributed by atoms with E-state index in [0.717, 1.165) is 47.6 Å². The highest BCUT2D eigenvalue weighted by atomic mass is 35.5. The Bertz CT molecular complexity index is 3550. The second-order valence-electron chi connectivity index (χ2n) is 21.6. The Labute approximate surface area is 489 Å². The number of likely N-dealkylation sites (tertiary alicyclic amines) is 2. The van der Waals surface area contributed by atoms with Crippen molar-refractivity contribution in [3.05, 3.63) is 119 Å². The summed E-state index contributed by atoms with van der Waals surface area (Å²) in [5.41, 5.74) is 5.13. The molecule has 3 aliphatic heterocycles. The lowest BCUT2D eigenvalue weighted by atomic mass is 9.91. The van der Waals surface area contributed by atoms with Crippen molar-refractivity contribution in [3.8, 4) is 45.3 Å². The number of aromatic nitrogens is 4. The minimum atomic E-state index is -0.874. The monoisotopic (exact) mass is 1170 g/mol. The Hall–Kier alpha value is -7.74. The van der Waals surface area contributed by atoms with Crippen LogP contribution in [-0.2, 0) is 19.1 Å². The van der Waals surface area contributed by atoms with Crippen molar-refractivity contribution < 1.29 is 47.7 Å². The van der Waals surface area contributed by atoms with E-state index < -0.39 is 29.9 Å². The number of phenolic OH excluding ortho intramolecular Hbond substituents is 1. The van der Waals surface area contributed by atoms with Gasteiger partial charge in [0.1, 0.15) is 42.3 Å². The first-order valence-electron chi connectivity index (χ1n) is 27.9. The van der Waals surface area contributed by atoms with Crippen molar-refractivity contribution >= 4 is 68.2 Å². The Morgan fingerprint density at radius 1 is 0.976 bits per heavy atom. The van der Waals surface area contributed by atoms with Crippen molar-refractivity contribution in [1.82, 2.24) is 40.1 Å². The minimum absolute atomic E-state index is 0.00994. The molecule has 19 nitrogen and oxygen atoms in total. The smallest absolute Gasteiger partial charge is 0.319 e. The molecule has 3 aliphatic rings. The van der Waals surface area contributed by atoms with Crippen LogP contribution >= 0.6 is 22.9 Å². The van der Waals surface area contributed by atoms with Crippen LogP contribution in [0.15, 0.2) is 95.5 Å². The Morgan fingerprint density at radius 3 is 2.49 bits per heavy atom. The molecule has 0 bridgehead atoms. The first-order chi connectivity index (χ1) is 40.1. The summed E-state index contributed by atoms with van der Waals surface area (Å²) in [7, 11) is 0. The van der Waals surface area contributed by atoms with E-state index >= 15 is 4.39 Å². The molecule has 0 saturated carbocycles. The molecule has 0 unspecified atom stereocenters. The van der Waals surface area contributed by atoms with E-state index in [0.29, 0.717) is 46.4 Å². The first kappa shape index (κ1) is 58.5. The third-order valence-electron chi connectivity index (χ3n) is 15.8. The number of phenols is 1. The van der Waals surface area contributed by atoms with Crippen molar-refractivity contribution in [2.45, 2.75) is 89.6 Å². The highest BCUT2D eigenvalue weighted by Gasteiger charge is 2.44. The fourth-order valence-electron chi connectivity index (χ4n) is 11.5. The number of aryl methyl sites for hydroxylation is 1. The van der Waals surface area contributed by atoms with Gasteiger partial charge in [-0.1, -0.05) is 80.6 Å². The number of hydrogen-bond donors (Lipinski definition) is 3. The molecule has 3 amide bonds. The minimum Gasteiger partial charge on any atom is -0.508 e. The number of carbonyl (C=O) groups is 3. The fourth-order valence-corrected chi connectivity index (χ4v) is 12.6. The summed E-state index contributed by atoms with van der Waals surface area (Å²) in [6, 6.07) is 22.0. The fraction of sp³-hybridized carbons (Fsp3) is 0.410. The van der Waals surface area contributed by atoms with E-state index in [1.807, 2.05) is 86.6 Å². The quantitative estimate of drug-likeness (QED) is 0.0477. The summed E-state index contributed by atoms with van der Waals surface area (Å²) in [6.45, 7) is 14.7. The molecule has 3 saturated heterocycles. The van der Waals surface area contributed by atoms with E-state index in [2.05, 4.69) is 38.0 Å². The van der Waals surface area contributed by atoms with Gasteiger partial charge < -0.3 is 49.0 Å². The van der Waals surface area contributed by atoms with Gasteiger partial charge in [0.25, 0.3) is 5.88 Å². The SMILES string of the molecule is C=CC(=O)N1CCN(c2nc(OCCN3CCC(OCCOc4cc([C@@H](C(=O)N5C[C@@H](O)C[C@H]5C(=O)N[C@@H](C)c5ccc(-c6scnc6C)cc5)C(C)C)on4)CC3)nc3c(F)c(-c4cc(O)cc5ccccc45)c(Cl)cc23)C[C@@H]1CC#N. The summed E-state index contributed by atoms with van der Waals surface area (Å²) in [5.74, 6) is -1.95. The van der Waals surface area contributed by atoms with Crippen molar-refractivity contribution in [2.24, 2.45) is 5.92 Å². The normalized spacial score (nSPS) is 18.6. The number of piperazine rings is 1. The number of halogens is 2. The first-order valence-corrected chi connectivity index (χ1v) is 29.2. The lowest BCUT2D eigenvalue weighted by Crippen LogP contribution is -2.55. The molecule has 10 rings (SSSR count). The van der Waals surface area contributed by atoms with Gasteiger partial charge in [0, 0.05) is 69.3 Å². The summed E-state index contributed by atoms with van der Waals surface area (Å²) in [5, 5.41) is 40.1. The van der Waals surface area contributed by atoms with E-state index in [4.69, 9.17) is 35.3 Å². The number of carbonyl (C=O) groups excluding carboxylic acids is 3. The number of nitrogens with one attached hydrogen (secondary N) is 1. The van der Waals surface area contributed by atoms with Gasteiger partial charge in [-0.25, -0.2) is 9.37 Å². The van der Waals surface area contributed by atoms with Gasteiger partial charge in [-0.2, -0.15) is 15.2 Å². The zero-order chi connectivity index (χ0) is 58.5. The maximum Gasteiger partial charge on any atom is 0.319 e. The summed E-state index contributed by atoms with van der Waals surface area (Å²) in [4.78, 5) is 62.9. The molecule has 4 aromatic carbocycles. The molecule has 3 aromatic heterocycles. The predicted molar refractivity (Wildman–Crippen MR) is 313 cm³/mol. The molecule has 7 aromatic rings. The average Bonchev–Trinajstić information content (AvgIpc) is 4.00. The number of amides is 3. The highest BCUT2D eigenvalue weighted by Crippen LogP contribution is 2.43. The van der Waals surface area contributed by atoms with Crippen LogP contribution in [0.4, 0.5) is 10.2 Å². The van der Waals surface area contributed by atoms with Gasteiger partial charge in [-0.3, -0.25) is 19.3 Å². The van der Waals surface area contributed by atoms with Crippen LogP contribution in [0.2, 0.25) is 5.02 Å². The molecule has 0 radical (unpaired) electrons. The molecular formula is C61H66ClFN10O9S. The molecule has 6 heterocycles. The molecule has 5 atom stereocenters. The largest absolute Gasteiger partial charge is 0.508 e. The number of fused-ring (bicyclic) bond motifs is 2. The number of nitrogens with zero attached hydrogens (tertiary/aromatic N) is 9. The third-order valence-corrected chi connectivity index (χ3v) is 17.0. The number of aromatic hydroxyl groups is 1. The standard InChI is InChI=1S/C61H66ClFN10O9S/c1-6-52(76)72-22-21-71(32-41(72)15-18-64)58-47-30-48(62)54(46-28-42(74)27-40-9-7-8-10-45(40)46)55(63)56(47)67-61(68-58)81-24-23-70-19-16-44(17-20-70)79-25-26-80-51-31-50(82-69-51)53(35(2)3)60(78)73-33-43(75)29-49(73)59(77)66-36(4)38-11-13-39(14-12-38)57-37(5)65-34-83-57/h6-14,27-28,30-31,34-36,41,43-44,49,53,74-75H,1,15-17,19-26,29,32-33H2,2-5H3,(H,66,77)/t36-,41-,43-,49-,53-/m0/s1. The number of β-amino-alcohol motifs (C(OH)–C–C–N with tert-alkyl or cyclic N) is 1. The van der Waals surface area contributed by atoms with Crippen LogP contribution in [0.25, 0.3) is 43.2 Å². The van der Waals surface area contributed by atoms with Crippen molar-refractivity contribution in [2.75, 3.05) is 70.5 Å². The van der Waals surface area contributed by atoms with Gasteiger partial charge in [0.05, 0.1) is 64.5 Å². The number of anilines is 1. The van der Waals surface area contributed by atoms with Gasteiger partial charge in [-0.15, -0.1) is 11.3 Å². The van der Waals surface area contributed by atoms with E-state index in [9.17, 15) is 29.9 Å². The van der Waals surface area contributed by atoms with E-state index in [-0.39, 0.29) is 122 Å². The highest BCUT2D eigenvalue weighted by molar-refractivity contribution is 7.13. The molecular weight excluding hydrogens is 1100 g/mol. The predicted octanol–water partition coefficient (Wildman–Crippen LogP) is 9.00. The second-order valence-corrected chi connectivity index (χ2v) is 22.9. The number of piperidine rings is 1. The number of aliphatic hydroxyl groups is 1. The van der Waals surface area contributed by atoms with E-state index in [1.165, 1.54) is 17.0 Å². The number of ether oxygens (including phenoxy) is 3.